The molecule has 1 aliphatic rings. The number of rotatable bonds is 4. The van der Waals surface area contributed by atoms with E-state index in [0.717, 1.165) is 5.56 Å². The molecule has 0 bridgehead atoms. The first kappa shape index (κ1) is 16.7. The zero-order chi connectivity index (χ0) is 17.4. The highest BCUT2D eigenvalue weighted by Crippen LogP contribution is 2.32. The van der Waals surface area contributed by atoms with Gasteiger partial charge < -0.3 is 5.11 Å². The fourth-order valence-electron chi connectivity index (χ4n) is 3.02. The van der Waals surface area contributed by atoms with Crippen LogP contribution in [0.25, 0.3) is 0 Å². The van der Waals surface area contributed by atoms with Gasteiger partial charge in [0.15, 0.2) is 5.54 Å². The van der Waals surface area contributed by atoms with Crippen molar-refractivity contribution in [2.75, 3.05) is 13.1 Å². The molecule has 128 valence electrons. The molecular formula is C16H19N3O4S. The average molecular weight is 349 g/mol. The van der Waals surface area contributed by atoms with Crippen LogP contribution in [-0.2, 0) is 20.4 Å². The summed E-state index contributed by atoms with van der Waals surface area (Å²) in [6.45, 7) is 2.17. The Hall–Kier alpha value is -2.19. The van der Waals surface area contributed by atoms with Crippen molar-refractivity contribution in [1.82, 2.24) is 14.1 Å². The third-order valence-electron chi connectivity index (χ3n) is 4.55. The largest absolute Gasteiger partial charge is 0.479 e. The predicted molar refractivity (Wildman–Crippen MR) is 87.0 cm³/mol. The number of sulfonamides is 1. The lowest BCUT2D eigenvalue weighted by molar-refractivity contribution is -0.150. The molecule has 1 N–H and O–H groups in total. The summed E-state index contributed by atoms with van der Waals surface area (Å²) >= 11 is 0. The minimum atomic E-state index is -3.61. The molecule has 3 rings (SSSR count). The summed E-state index contributed by atoms with van der Waals surface area (Å²) in [7, 11) is -3.61. The second-order valence-corrected chi connectivity index (χ2v) is 7.94. The van der Waals surface area contributed by atoms with Crippen LogP contribution in [0.2, 0.25) is 0 Å². The second kappa shape index (κ2) is 6.03. The summed E-state index contributed by atoms with van der Waals surface area (Å²) in [5.41, 5.74) is -0.209. The van der Waals surface area contributed by atoms with Crippen LogP contribution in [-0.4, -0.2) is 46.7 Å². The number of aliphatic carboxylic acids is 1. The minimum absolute atomic E-state index is 0.141. The number of hydrogen-bond donors (Lipinski definition) is 1. The fourth-order valence-corrected chi connectivity index (χ4v) is 4.46. The van der Waals surface area contributed by atoms with Crippen LogP contribution in [0.5, 0.6) is 0 Å². The van der Waals surface area contributed by atoms with Crippen molar-refractivity contribution in [3.8, 4) is 0 Å². The molecule has 0 radical (unpaired) electrons. The lowest BCUT2D eigenvalue weighted by Gasteiger charge is -2.38. The average Bonchev–Trinajstić information content (AvgIpc) is 3.10. The molecule has 0 aliphatic carbocycles. The van der Waals surface area contributed by atoms with Gasteiger partial charge in [-0.05, 0) is 38.0 Å². The Kier molecular flexibility index (Phi) is 4.18. The molecule has 0 spiro atoms. The molecule has 24 heavy (non-hydrogen) atoms. The zero-order valence-electron chi connectivity index (χ0n) is 13.3. The topological polar surface area (TPSA) is 92.5 Å². The van der Waals surface area contributed by atoms with Crippen LogP contribution >= 0.6 is 0 Å². The number of benzene rings is 1. The maximum atomic E-state index is 12.7. The van der Waals surface area contributed by atoms with Gasteiger partial charge in [-0.3, -0.25) is 4.68 Å². The van der Waals surface area contributed by atoms with Crippen molar-refractivity contribution < 1.29 is 18.3 Å². The van der Waals surface area contributed by atoms with E-state index in [2.05, 4.69) is 5.10 Å². The highest BCUT2D eigenvalue weighted by Gasteiger charge is 2.46. The Morgan fingerprint density at radius 2 is 1.83 bits per heavy atom. The van der Waals surface area contributed by atoms with Gasteiger partial charge in [0, 0.05) is 25.5 Å². The first-order valence-electron chi connectivity index (χ1n) is 7.67. The Balaban J connectivity index is 1.84. The van der Waals surface area contributed by atoms with E-state index in [-0.39, 0.29) is 30.8 Å². The molecule has 0 unspecified atom stereocenters. The smallest absolute Gasteiger partial charge is 0.331 e. The van der Waals surface area contributed by atoms with E-state index in [9.17, 15) is 18.3 Å². The minimum Gasteiger partial charge on any atom is -0.479 e. The van der Waals surface area contributed by atoms with E-state index in [1.807, 2.05) is 6.92 Å². The standard InChI is InChI=1S/C16H19N3O4S/c1-13-3-5-14(6-4-13)24(22,23)18-11-7-16(8-12-18,15(20)21)19-10-2-9-17-19/h2-6,9-10H,7-8,11-12H2,1H3,(H,20,21). The van der Waals surface area contributed by atoms with Gasteiger partial charge in [0.05, 0.1) is 4.90 Å². The number of aromatic nitrogens is 2. The summed E-state index contributed by atoms with van der Waals surface area (Å²) in [6, 6.07) is 8.33. The van der Waals surface area contributed by atoms with Gasteiger partial charge in [-0.2, -0.15) is 9.40 Å². The third-order valence-corrected chi connectivity index (χ3v) is 6.46. The van der Waals surface area contributed by atoms with Crippen LogP contribution in [0.1, 0.15) is 18.4 Å². The van der Waals surface area contributed by atoms with Gasteiger partial charge in [0.1, 0.15) is 0 Å². The highest BCUT2D eigenvalue weighted by atomic mass is 32.2. The van der Waals surface area contributed by atoms with E-state index < -0.39 is 21.5 Å². The molecule has 7 nitrogen and oxygen atoms in total. The van der Waals surface area contributed by atoms with Gasteiger partial charge in [-0.25, -0.2) is 13.2 Å². The van der Waals surface area contributed by atoms with Crippen molar-refractivity contribution in [1.29, 1.82) is 0 Å². The monoisotopic (exact) mass is 349 g/mol. The molecular weight excluding hydrogens is 330 g/mol. The number of piperidine rings is 1. The first-order chi connectivity index (χ1) is 11.4. The molecule has 1 aromatic carbocycles. The number of aryl methyl sites for hydroxylation is 1. The van der Waals surface area contributed by atoms with Crippen LogP contribution in [0.4, 0.5) is 0 Å². The van der Waals surface area contributed by atoms with Crippen LogP contribution in [0, 0.1) is 6.92 Å². The summed E-state index contributed by atoms with van der Waals surface area (Å²) in [4.78, 5) is 12.0. The van der Waals surface area contributed by atoms with E-state index in [4.69, 9.17) is 0 Å². The van der Waals surface area contributed by atoms with Crippen LogP contribution < -0.4 is 0 Å². The third kappa shape index (κ3) is 2.71. The molecule has 1 aromatic heterocycles. The number of hydrogen-bond acceptors (Lipinski definition) is 4. The Bertz CT molecular complexity index is 821. The number of carboxylic acids is 1. The molecule has 0 saturated carbocycles. The molecule has 2 heterocycles. The Labute approximate surface area is 140 Å². The molecule has 1 fully saturated rings. The summed E-state index contributed by atoms with van der Waals surface area (Å²) in [5, 5.41) is 13.7. The summed E-state index contributed by atoms with van der Waals surface area (Å²) in [5.74, 6) is -0.987. The van der Waals surface area contributed by atoms with Gasteiger partial charge in [-0.15, -0.1) is 0 Å². The second-order valence-electron chi connectivity index (χ2n) is 6.00. The van der Waals surface area contributed by atoms with E-state index in [0.29, 0.717) is 0 Å². The maximum absolute atomic E-state index is 12.7. The van der Waals surface area contributed by atoms with Gasteiger partial charge in [0.25, 0.3) is 0 Å². The van der Waals surface area contributed by atoms with Gasteiger partial charge in [0.2, 0.25) is 10.0 Å². The number of nitrogens with zero attached hydrogens (tertiary/aromatic N) is 3. The zero-order valence-corrected chi connectivity index (χ0v) is 14.1. The molecule has 8 heteroatoms. The predicted octanol–water partition coefficient (Wildman–Crippen LogP) is 1.46. The van der Waals surface area contributed by atoms with Gasteiger partial charge in [-0.1, -0.05) is 17.7 Å². The summed E-state index contributed by atoms with van der Waals surface area (Å²) in [6.07, 6.45) is 3.49. The quantitative estimate of drug-likeness (QED) is 0.902. The molecule has 0 atom stereocenters. The van der Waals surface area contributed by atoms with Crippen molar-refractivity contribution in [2.45, 2.75) is 30.2 Å². The number of carboxylic acid groups (broad SMARTS) is 1. The Morgan fingerprint density at radius 3 is 2.33 bits per heavy atom. The normalized spacial score (nSPS) is 18.4. The van der Waals surface area contributed by atoms with Crippen molar-refractivity contribution >= 4 is 16.0 Å². The highest BCUT2D eigenvalue weighted by molar-refractivity contribution is 7.89. The molecule has 1 saturated heterocycles. The first-order valence-corrected chi connectivity index (χ1v) is 9.11. The van der Waals surface area contributed by atoms with E-state index in [1.165, 1.54) is 15.2 Å². The lowest BCUT2D eigenvalue weighted by Crippen LogP contribution is -2.52. The van der Waals surface area contributed by atoms with E-state index in [1.54, 1.807) is 36.5 Å². The molecule has 2 aromatic rings. The fraction of sp³-hybridized carbons (Fsp3) is 0.375. The molecule has 0 amide bonds. The lowest BCUT2D eigenvalue weighted by atomic mass is 9.88. The Morgan fingerprint density at radius 1 is 1.21 bits per heavy atom. The van der Waals surface area contributed by atoms with Crippen molar-refractivity contribution in [2.24, 2.45) is 0 Å². The van der Waals surface area contributed by atoms with Crippen LogP contribution in [0.15, 0.2) is 47.6 Å². The summed E-state index contributed by atoms with van der Waals surface area (Å²) < 4.78 is 28.2. The molecule has 1 aliphatic heterocycles. The maximum Gasteiger partial charge on any atom is 0.331 e. The number of carbonyl (C=O) groups is 1. The van der Waals surface area contributed by atoms with E-state index >= 15 is 0 Å². The van der Waals surface area contributed by atoms with Crippen molar-refractivity contribution in [3.05, 3.63) is 48.3 Å². The SMILES string of the molecule is Cc1ccc(S(=O)(=O)N2CCC(C(=O)O)(n3cccn3)CC2)cc1. The van der Waals surface area contributed by atoms with Crippen molar-refractivity contribution in [3.63, 3.8) is 0 Å². The van der Waals surface area contributed by atoms with Gasteiger partial charge >= 0.3 is 5.97 Å². The van der Waals surface area contributed by atoms with Crippen LogP contribution in [0.3, 0.4) is 0 Å².